The highest BCUT2D eigenvalue weighted by Crippen LogP contribution is 2.46. The second kappa shape index (κ2) is 6.97. The normalized spacial score (nSPS) is 28.3. The molecule has 3 nitrogen and oxygen atoms in total. The topological polar surface area (TPSA) is 30.5 Å². The van der Waals surface area contributed by atoms with Crippen LogP contribution in [0.5, 0.6) is 0 Å². The smallest absolute Gasteiger partial charge is 0.0807 e. The van der Waals surface area contributed by atoms with Crippen LogP contribution < -0.4 is 5.32 Å². The fraction of sp³-hybridized carbons (Fsp3) is 1.00. The van der Waals surface area contributed by atoms with Crippen LogP contribution in [0.15, 0.2) is 0 Å². The van der Waals surface area contributed by atoms with Crippen LogP contribution in [0.25, 0.3) is 0 Å². The van der Waals surface area contributed by atoms with Gasteiger partial charge in [-0.2, -0.15) is 0 Å². The first-order valence-corrected chi connectivity index (χ1v) is 8.69. The summed E-state index contributed by atoms with van der Waals surface area (Å²) in [7, 11) is 0. The van der Waals surface area contributed by atoms with Gasteiger partial charge in [0, 0.05) is 18.6 Å². The maximum Gasteiger partial charge on any atom is 0.0807 e. The minimum Gasteiger partial charge on any atom is -0.374 e. The molecule has 1 aliphatic heterocycles. The maximum absolute atomic E-state index is 6.33. The van der Waals surface area contributed by atoms with Crippen LogP contribution in [0.1, 0.15) is 74.7 Å². The second-order valence-corrected chi connectivity index (χ2v) is 7.81. The molecule has 0 radical (unpaired) electrons. The van der Waals surface area contributed by atoms with Gasteiger partial charge in [0.05, 0.1) is 16.8 Å². The van der Waals surface area contributed by atoms with Crippen molar-refractivity contribution < 1.29 is 9.47 Å². The van der Waals surface area contributed by atoms with E-state index in [2.05, 4.69) is 60.7 Å². The molecule has 0 aromatic heterocycles. The molecule has 0 spiro atoms. The van der Waals surface area contributed by atoms with Crippen molar-refractivity contribution in [2.45, 2.75) is 97.5 Å². The van der Waals surface area contributed by atoms with Crippen LogP contribution in [-0.2, 0) is 9.47 Å². The molecule has 3 atom stereocenters. The lowest BCUT2D eigenvalue weighted by Crippen LogP contribution is -2.58. The van der Waals surface area contributed by atoms with Gasteiger partial charge < -0.3 is 14.8 Å². The van der Waals surface area contributed by atoms with E-state index in [-0.39, 0.29) is 16.8 Å². The van der Waals surface area contributed by atoms with Crippen LogP contribution in [0, 0.1) is 5.92 Å². The quantitative estimate of drug-likeness (QED) is 0.730. The Morgan fingerprint density at radius 1 is 1.24 bits per heavy atom. The van der Waals surface area contributed by atoms with Gasteiger partial charge in [0.2, 0.25) is 0 Å². The third-order valence-corrected chi connectivity index (χ3v) is 4.99. The molecule has 1 heterocycles. The lowest BCUT2D eigenvalue weighted by atomic mass is 9.74. The van der Waals surface area contributed by atoms with Crippen LogP contribution in [0.3, 0.4) is 0 Å². The van der Waals surface area contributed by atoms with Crippen molar-refractivity contribution in [3.05, 3.63) is 0 Å². The molecule has 0 aromatic carbocycles. The largest absolute Gasteiger partial charge is 0.374 e. The Morgan fingerprint density at radius 3 is 2.24 bits per heavy atom. The lowest BCUT2D eigenvalue weighted by molar-refractivity contribution is -0.107. The van der Waals surface area contributed by atoms with Crippen LogP contribution in [0.4, 0.5) is 0 Å². The van der Waals surface area contributed by atoms with Crippen molar-refractivity contribution in [1.29, 1.82) is 0 Å². The van der Waals surface area contributed by atoms with E-state index in [9.17, 15) is 0 Å². The summed E-state index contributed by atoms with van der Waals surface area (Å²) in [6.45, 7) is 19.4. The summed E-state index contributed by atoms with van der Waals surface area (Å²) in [5.74, 6) is 0.454. The van der Waals surface area contributed by atoms with E-state index >= 15 is 0 Å². The Balaban J connectivity index is 3.07. The minimum absolute atomic E-state index is 0.0544. The molecule has 1 aliphatic rings. The molecule has 0 saturated carbocycles. The predicted molar refractivity (Wildman–Crippen MR) is 89.8 cm³/mol. The van der Waals surface area contributed by atoms with Gasteiger partial charge in [0.15, 0.2) is 0 Å². The van der Waals surface area contributed by atoms with Crippen LogP contribution in [-0.4, -0.2) is 36.0 Å². The molecule has 126 valence electrons. The average Bonchev–Trinajstić information content (AvgIpc) is 2.58. The zero-order valence-electron chi connectivity index (χ0n) is 15.5. The van der Waals surface area contributed by atoms with Crippen molar-refractivity contribution >= 4 is 0 Å². The Morgan fingerprint density at radius 2 is 1.86 bits per heavy atom. The molecular formula is C18H37NO2. The zero-order chi connectivity index (χ0) is 16.3. The Bertz CT molecular complexity index is 327. The summed E-state index contributed by atoms with van der Waals surface area (Å²) in [6, 6.07) is 0.319. The van der Waals surface area contributed by atoms with Gasteiger partial charge in [-0.25, -0.2) is 0 Å². The molecule has 3 unspecified atom stereocenters. The molecule has 0 amide bonds. The standard InChI is InChI=1S/C18H37NO2/c1-9-12-19-15(18(8,10-2)20-11-3)14-13-16(4,5)21-17(14,6)7/h14-15,19H,9-13H2,1-8H3. The first kappa shape index (κ1) is 18.9. The number of rotatable bonds is 8. The van der Waals surface area contributed by atoms with E-state index in [4.69, 9.17) is 9.47 Å². The maximum atomic E-state index is 6.33. The van der Waals surface area contributed by atoms with Crippen molar-refractivity contribution in [3.63, 3.8) is 0 Å². The number of ether oxygens (including phenoxy) is 2. The number of nitrogens with one attached hydrogen (secondary N) is 1. The average molecular weight is 299 g/mol. The lowest BCUT2D eigenvalue weighted by Gasteiger charge is -2.44. The summed E-state index contributed by atoms with van der Waals surface area (Å²) in [6.07, 6.45) is 3.22. The van der Waals surface area contributed by atoms with Gasteiger partial charge in [-0.3, -0.25) is 0 Å². The Labute approximate surface area is 132 Å². The molecule has 1 N–H and O–H groups in total. The number of hydrogen-bond donors (Lipinski definition) is 1. The first-order chi connectivity index (χ1) is 9.62. The van der Waals surface area contributed by atoms with E-state index in [1.807, 2.05) is 0 Å². The summed E-state index contributed by atoms with van der Waals surface area (Å²) in [5, 5.41) is 3.78. The van der Waals surface area contributed by atoms with Gasteiger partial charge in [-0.1, -0.05) is 13.8 Å². The highest BCUT2D eigenvalue weighted by Gasteiger charge is 2.53. The van der Waals surface area contributed by atoms with E-state index in [1.165, 1.54) is 0 Å². The van der Waals surface area contributed by atoms with Crippen LogP contribution in [0.2, 0.25) is 0 Å². The third-order valence-electron chi connectivity index (χ3n) is 4.99. The highest BCUT2D eigenvalue weighted by atomic mass is 16.5. The molecule has 1 fully saturated rings. The molecular weight excluding hydrogens is 262 g/mol. The van der Waals surface area contributed by atoms with Crippen molar-refractivity contribution in [1.82, 2.24) is 5.32 Å². The molecule has 0 aromatic rings. The van der Waals surface area contributed by atoms with Gasteiger partial charge in [-0.15, -0.1) is 0 Å². The fourth-order valence-electron chi connectivity index (χ4n) is 3.95. The Hall–Kier alpha value is -0.120. The second-order valence-electron chi connectivity index (χ2n) is 7.81. The molecule has 1 rings (SSSR count). The van der Waals surface area contributed by atoms with E-state index < -0.39 is 0 Å². The fourth-order valence-corrected chi connectivity index (χ4v) is 3.95. The molecule has 0 aliphatic carbocycles. The minimum atomic E-state index is -0.143. The molecule has 1 saturated heterocycles. The summed E-state index contributed by atoms with van der Waals surface area (Å²) >= 11 is 0. The Kier molecular flexibility index (Phi) is 6.28. The number of hydrogen-bond acceptors (Lipinski definition) is 3. The van der Waals surface area contributed by atoms with Gasteiger partial charge in [0.1, 0.15) is 0 Å². The van der Waals surface area contributed by atoms with Crippen molar-refractivity contribution in [2.75, 3.05) is 13.2 Å². The van der Waals surface area contributed by atoms with Gasteiger partial charge in [-0.05, 0) is 67.3 Å². The zero-order valence-corrected chi connectivity index (χ0v) is 15.5. The van der Waals surface area contributed by atoms with Gasteiger partial charge in [0.25, 0.3) is 0 Å². The molecule has 0 bridgehead atoms. The molecule has 3 heteroatoms. The van der Waals surface area contributed by atoms with Gasteiger partial charge >= 0.3 is 0 Å². The van der Waals surface area contributed by atoms with Crippen molar-refractivity contribution in [2.24, 2.45) is 5.92 Å². The highest BCUT2D eigenvalue weighted by molar-refractivity contribution is 5.05. The first-order valence-electron chi connectivity index (χ1n) is 8.69. The van der Waals surface area contributed by atoms with E-state index in [1.54, 1.807) is 0 Å². The summed E-state index contributed by atoms with van der Waals surface area (Å²) in [4.78, 5) is 0. The van der Waals surface area contributed by atoms with Crippen LogP contribution >= 0.6 is 0 Å². The van der Waals surface area contributed by atoms with E-state index in [0.29, 0.717) is 12.0 Å². The molecule has 21 heavy (non-hydrogen) atoms. The SMILES string of the molecule is CCCNC(C1CC(C)(C)OC1(C)C)C(C)(CC)OCC. The summed E-state index contributed by atoms with van der Waals surface area (Å²) < 4.78 is 12.5. The monoisotopic (exact) mass is 299 g/mol. The van der Waals surface area contributed by atoms with E-state index in [0.717, 1.165) is 32.4 Å². The predicted octanol–water partition coefficient (Wildman–Crippen LogP) is 4.15. The third kappa shape index (κ3) is 4.43. The van der Waals surface area contributed by atoms with Crippen molar-refractivity contribution in [3.8, 4) is 0 Å². The summed E-state index contributed by atoms with van der Waals surface area (Å²) in [5.41, 5.74) is -0.320.